The van der Waals surface area contributed by atoms with Crippen LogP contribution in [0.2, 0.25) is 0 Å². The highest BCUT2D eigenvalue weighted by Crippen LogP contribution is 2.26. The summed E-state index contributed by atoms with van der Waals surface area (Å²) < 4.78 is 12.9. The van der Waals surface area contributed by atoms with E-state index in [1.807, 2.05) is 30.3 Å². The van der Waals surface area contributed by atoms with E-state index >= 15 is 0 Å². The summed E-state index contributed by atoms with van der Waals surface area (Å²) in [5, 5.41) is 0.282. The minimum absolute atomic E-state index is 0.0628. The molecule has 0 radical (unpaired) electrons. The fourth-order valence-electron chi connectivity index (χ4n) is 1.94. The first-order valence-corrected chi connectivity index (χ1v) is 6.73. The van der Waals surface area contributed by atoms with E-state index in [-0.39, 0.29) is 22.8 Å². The second-order valence-corrected chi connectivity index (χ2v) is 4.56. The molecule has 1 atom stereocenters. The maximum atomic E-state index is 12.9. The van der Waals surface area contributed by atoms with Gasteiger partial charge in [-0.25, -0.2) is 4.39 Å². The molecule has 92 valence electrons. The SMILES string of the molecule is O=C(CBr)[C@H](c1ccccc1)c1ccc(F)cc1. The van der Waals surface area contributed by atoms with Crippen LogP contribution >= 0.6 is 15.9 Å². The Morgan fingerprint density at radius 3 is 2.11 bits per heavy atom. The normalized spacial score (nSPS) is 12.1. The summed E-state index contributed by atoms with van der Waals surface area (Å²) in [7, 11) is 0. The van der Waals surface area contributed by atoms with Gasteiger partial charge in [0.05, 0.1) is 11.2 Å². The number of benzene rings is 2. The summed E-state index contributed by atoms with van der Waals surface area (Å²) in [6, 6.07) is 15.6. The summed E-state index contributed by atoms with van der Waals surface area (Å²) in [6.07, 6.45) is 0. The summed E-state index contributed by atoms with van der Waals surface area (Å²) in [5.41, 5.74) is 1.74. The van der Waals surface area contributed by atoms with Crippen molar-refractivity contribution in [1.82, 2.24) is 0 Å². The van der Waals surface area contributed by atoms with E-state index in [2.05, 4.69) is 15.9 Å². The topological polar surface area (TPSA) is 17.1 Å². The minimum atomic E-state index is -0.342. The molecule has 0 spiro atoms. The van der Waals surface area contributed by atoms with Gasteiger partial charge in [-0.05, 0) is 23.3 Å². The lowest BCUT2D eigenvalue weighted by Crippen LogP contribution is -2.15. The molecular weight excluding hydrogens is 295 g/mol. The maximum Gasteiger partial charge on any atom is 0.155 e. The summed E-state index contributed by atoms with van der Waals surface area (Å²) in [6.45, 7) is 0. The highest BCUT2D eigenvalue weighted by molar-refractivity contribution is 9.09. The first-order valence-electron chi connectivity index (χ1n) is 5.61. The fraction of sp³-hybridized carbons (Fsp3) is 0.133. The third-order valence-electron chi connectivity index (χ3n) is 2.79. The van der Waals surface area contributed by atoms with E-state index in [9.17, 15) is 9.18 Å². The van der Waals surface area contributed by atoms with Gasteiger partial charge in [0.25, 0.3) is 0 Å². The molecule has 0 saturated carbocycles. The van der Waals surface area contributed by atoms with E-state index in [4.69, 9.17) is 0 Å². The monoisotopic (exact) mass is 306 g/mol. The molecule has 0 aromatic heterocycles. The largest absolute Gasteiger partial charge is 0.298 e. The summed E-state index contributed by atoms with van der Waals surface area (Å²) >= 11 is 3.20. The number of carbonyl (C=O) groups is 1. The molecule has 0 amide bonds. The number of rotatable bonds is 4. The van der Waals surface area contributed by atoms with E-state index in [0.717, 1.165) is 11.1 Å². The molecule has 0 bridgehead atoms. The van der Waals surface area contributed by atoms with Gasteiger partial charge in [-0.3, -0.25) is 4.79 Å². The predicted molar refractivity (Wildman–Crippen MR) is 73.5 cm³/mol. The second kappa shape index (κ2) is 5.91. The average molecular weight is 307 g/mol. The minimum Gasteiger partial charge on any atom is -0.298 e. The molecule has 0 saturated heterocycles. The predicted octanol–water partition coefficient (Wildman–Crippen LogP) is 3.92. The Bertz CT molecular complexity index is 522. The van der Waals surface area contributed by atoms with Crippen LogP contribution in [0.15, 0.2) is 54.6 Å². The average Bonchev–Trinajstić information content (AvgIpc) is 2.42. The smallest absolute Gasteiger partial charge is 0.155 e. The molecule has 3 heteroatoms. The summed E-state index contributed by atoms with van der Waals surface area (Å²) in [5.74, 6) is -0.573. The molecule has 0 aliphatic heterocycles. The van der Waals surface area contributed by atoms with Gasteiger partial charge in [0.1, 0.15) is 5.82 Å². The molecule has 0 unspecified atom stereocenters. The Balaban J connectivity index is 2.43. The van der Waals surface area contributed by atoms with Gasteiger partial charge in [0.2, 0.25) is 0 Å². The van der Waals surface area contributed by atoms with Crippen LogP contribution in [0.1, 0.15) is 17.0 Å². The first-order chi connectivity index (χ1) is 8.72. The maximum absolute atomic E-state index is 12.9. The van der Waals surface area contributed by atoms with E-state index in [0.29, 0.717) is 0 Å². The highest BCUT2D eigenvalue weighted by Gasteiger charge is 2.21. The Morgan fingerprint density at radius 1 is 1.00 bits per heavy atom. The molecule has 1 nitrogen and oxygen atoms in total. The van der Waals surface area contributed by atoms with Crippen molar-refractivity contribution in [3.63, 3.8) is 0 Å². The Kier molecular flexibility index (Phi) is 4.26. The second-order valence-electron chi connectivity index (χ2n) is 4.00. The van der Waals surface area contributed by atoms with Gasteiger partial charge < -0.3 is 0 Å². The van der Waals surface area contributed by atoms with E-state index in [1.165, 1.54) is 12.1 Å². The lowest BCUT2D eigenvalue weighted by Gasteiger charge is -2.15. The van der Waals surface area contributed by atoms with Crippen LogP contribution < -0.4 is 0 Å². The Morgan fingerprint density at radius 2 is 1.56 bits per heavy atom. The van der Waals surface area contributed by atoms with Crippen LogP contribution in [0.3, 0.4) is 0 Å². The van der Waals surface area contributed by atoms with Crippen LogP contribution in [0.4, 0.5) is 4.39 Å². The van der Waals surface area contributed by atoms with Crippen LogP contribution in [0.5, 0.6) is 0 Å². The van der Waals surface area contributed by atoms with Gasteiger partial charge in [0, 0.05) is 0 Å². The van der Waals surface area contributed by atoms with Crippen molar-refractivity contribution in [1.29, 1.82) is 0 Å². The fourth-order valence-corrected chi connectivity index (χ4v) is 2.27. The molecule has 2 rings (SSSR count). The van der Waals surface area contributed by atoms with Crippen LogP contribution in [0, 0.1) is 5.82 Å². The van der Waals surface area contributed by atoms with Gasteiger partial charge in [-0.1, -0.05) is 58.4 Å². The number of halogens is 2. The number of carbonyl (C=O) groups excluding carboxylic acids is 1. The highest BCUT2D eigenvalue weighted by atomic mass is 79.9. The van der Waals surface area contributed by atoms with E-state index in [1.54, 1.807) is 12.1 Å². The Labute approximate surface area is 114 Å². The molecule has 18 heavy (non-hydrogen) atoms. The van der Waals surface area contributed by atoms with Gasteiger partial charge in [0.15, 0.2) is 5.78 Å². The number of ketones is 1. The molecule has 0 aliphatic carbocycles. The third-order valence-corrected chi connectivity index (χ3v) is 3.34. The van der Waals surface area contributed by atoms with E-state index < -0.39 is 0 Å². The summed E-state index contributed by atoms with van der Waals surface area (Å²) in [4.78, 5) is 12.1. The zero-order chi connectivity index (χ0) is 13.0. The van der Waals surface area contributed by atoms with Crippen molar-refractivity contribution < 1.29 is 9.18 Å². The molecule has 2 aromatic rings. The third kappa shape index (κ3) is 2.85. The van der Waals surface area contributed by atoms with Crippen molar-refractivity contribution >= 4 is 21.7 Å². The van der Waals surface area contributed by atoms with Crippen molar-refractivity contribution in [3.8, 4) is 0 Å². The van der Waals surface area contributed by atoms with Crippen LogP contribution in [-0.2, 0) is 4.79 Å². The van der Waals surface area contributed by atoms with Crippen molar-refractivity contribution in [2.45, 2.75) is 5.92 Å². The zero-order valence-electron chi connectivity index (χ0n) is 9.64. The number of alkyl halides is 1. The van der Waals surface area contributed by atoms with Crippen molar-refractivity contribution in [2.24, 2.45) is 0 Å². The number of Topliss-reactive ketones (excluding diaryl/α,β-unsaturated/α-hetero) is 1. The molecule has 0 heterocycles. The van der Waals surface area contributed by atoms with Gasteiger partial charge >= 0.3 is 0 Å². The zero-order valence-corrected chi connectivity index (χ0v) is 11.2. The van der Waals surface area contributed by atoms with Crippen molar-refractivity contribution in [2.75, 3.05) is 5.33 Å². The van der Waals surface area contributed by atoms with Gasteiger partial charge in [-0.15, -0.1) is 0 Å². The van der Waals surface area contributed by atoms with Gasteiger partial charge in [-0.2, -0.15) is 0 Å². The lowest BCUT2D eigenvalue weighted by atomic mass is 9.88. The standard InChI is InChI=1S/C15H12BrFO/c16-10-14(18)15(11-4-2-1-3-5-11)12-6-8-13(17)9-7-12/h1-9,15H,10H2/t15-/m1/s1. The molecule has 0 aliphatic rings. The molecule has 0 fully saturated rings. The molecular formula is C15H12BrFO. The number of hydrogen-bond acceptors (Lipinski definition) is 1. The first kappa shape index (κ1) is 13.0. The van der Waals surface area contributed by atoms with Crippen molar-refractivity contribution in [3.05, 3.63) is 71.5 Å². The van der Waals surface area contributed by atoms with Crippen LogP contribution in [0.25, 0.3) is 0 Å². The number of hydrogen-bond donors (Lipinski definition) is 0. The molecule has 2 aromatic carbocycles. The molecule has 0 N–H and O–H groups in total. The Hall–Kier alpha value is -1.48. The quantitative estimate of drug-likeness (QED) is 0.782. The lowest BCUT2D eigenvalue weighted by molar-refractivity contribution is -0.117. The van der Waals surface area contributed by atoms with Crippen LogP contribution in [-0.4, -0.2) is 11.1 Å².